The molecule has 0 heterocycles. The van der Waals surface area contributed by atoms with Gasteiger partial charge in [0, 0.05) is 13.2 Å². The molecule has 0 aliphatic heterocycles. The maximum atomic E-state index is 12.2. The Balaban J connectivity index is 1.99. The summed E-state index contributed by atoms with van der Waals surface area (Å²) in [5, 5.41) is 3.51. The van der Waals surface area contributed by atoms with Gasteiger partial charge in [-0.15, -0.1) is 0 Å². The highest BCUT2D eigenvalue weighted by atomic mass is 16.5. The fourth-order valence-electron chi connectivity index (χ4n) is 2.61. The van der Waals surface area contributed by atoms with Gasteiger partial charge < -0.3 is 9.47 Å². The average molecular weight is 241 g/mol. The lowest BCUT2D eigenvalue weighted by Crippen LogP contribution is -2.56. The number of rotatable bonds is 5. The molecule has 2 fully saturated rings. The maximum absolute atomic E-state index is 12.2. The van der Waals surface area contributed by atoms with Crippen LogP contribution in [0.25, 0.3) is 0 Å². The number of methoxy groups -OCH3 is 1. The molecule has 0 bridgehead atoms. The lowest BCUT2D eigenvalue weighted by molar-refractivity contribution is -0.154. The molecule has 4 heteroatoms. The van der Waals surface area contributed by atoms with E-state index in [0.29, 0.717) is 18.8 Å². The molecule has 0 aromatic rings. The van der Waals surface area contributed by atoms with Crippen LogP contribution in [0.5, 0.6) is 0 Å². The molecule has 0 unspecified atom stereocenters. The minimum Gasteiger partial charge on any atom is -0.465 e. The van der Waals surface area contributed by atoms with Crippen LogP contribution in [-0.2, 0) is 14.3 Å². The Morgan fingerprint density at radius 2 is 1.94 bits per heavy atom. The third-order valence-corrected chi connectivity index (χ3v) is 3.84. The highest BCUT2D eigenvalue weighted by Crippen LogP contribution is 2.34. The second kappa shape index (κ2) is 5.36. The Morgan fingerprint density at radius 3 is 2.41 bits per heavy atom. The molecule has 0 aromatic heterocycles. The first-order valence-electron chi connectivity index (χ1n) is 6.68. The van der Waals surface area contributed by atoms with Crippen LogP contribution in [0.1, 0.15) is 45.4 Å². The Morgan fingerprint density at radius 1 is 1.29 bits per heavy atom. The lowest BCUT2D eigenvalue weighted by Gasteiger charge is -2.38. The van der Waals surface area contributed by atoms with Crippen molar-refractivity contribution in [3.63, 3.8) is 0 Å². The second-order valence-electron chi connectivity index (χ2n) is 5.16. The quantitative estimate of drug-likeness (QED) is 0.743. The zero-order valence-corrected chi connectivity index (χ0v) is 10.8. The van der Waals surface area contributed by atoms with Crippen LogP contribution in [0.4, 0.5) is 0 Å². The summed E-state index contributed by atoms with van der Waals surface area (Å²) in [5.74, 6) is -0.0681. The van der Waals surface area contributed by atoms with Gasteiger partial charge in [0.2, 0.25) is 0 Å². The number of ether oxygens (including phenoxy) is 2. The summed E-state index contributed by atoms with van der Waals surface area (Å²) in [6.45, 7) is 2.32. The molecule has 98 valence electrons. The van der Waals surface area contributed by atoms with E-state index in [-0.39, 0.29) is 5.97 Å². The van der Waals surface area contributed by atoms with Gasteiger partial charge in [-0.25, -0.2) is 0 Å². The van der Waals surface area contributed by atoms with Crippen LogP contribution in [0.3, 0.4) is 0 Å². The standard InChI is InChI=1S/C13H23NO3/c1-3-17-12(15)13(14-10-4-5-10)8-6-11(16-2)7-9-13/h10-11,14H,3-9H2,1-2H3. The number of carbonyl (C=O) groups excluding carboxylic acids is 1. The van der Waals surface area contributed by atoms with E-state index in [2.05, 4.69) is 5.32 Å². The molecule has 0 radical (unpaired) electrons. The Hall–Kier alpha value is -0.610. The van der Waals surface area contributed by atoms with Gasteiger partial charge in [0.1, 0.15) is 5.54 Å². The van der Waals surface area contributed by atoms with E-state index in [9.17, 15) is 4.79 Å². The Bertz CT molecular complexity index is 268. The highest BCUT2D eigenvalue weighted by Gasteiger charge is 2.46. The smallest absolute Gasteiger partial charge is 0.326 e. The number of hydrogen-bond donors (Lipinski definition) is 1. The van der Waals surface area contributed by atoms with Crippen molar-refractivity contribution in [2.24, 2.45) is 0 Å². The molecule has 0 saturated heterocycles. The second-order valence-corrected chi connectivity index (χ2v) is 5.16. The summed E-state index contributed by atoms with van der Waals surface area (Å²) >= 11 is 0. The van der Waals surface area contributed by atoms with Crippen molar-refractivity contribution in [2.45, 2.75) is 63.1 Å². The zero-order chi connectivity index (χ0) is 12.3. The van der Waals surface area contributed by atoms with Crippen LogP contribution in [0.15, 0.2) is 0 Å². The lowest BCUT2D eigenvalue weighted by atomic mass is 9.80. The van der Waals surface area contributed by atoms with E-state index in [4.69, 9.17) is 9.47 Å². The summed E-state index contributed by atoms with van der Waals surface area (Å²) in [6.07, 6.45) is 6.23. The first kappa shape index (κ1) is 12.8. The van der Waals surface area contributed by atoms with Crippen LogP contribution in [0.2, 0.25) is 0 Å². The van der Waals surface area contributed by atoms with Crippen LogP contribution >= 0.6 is 0 Å². The number of carbonyl (C=O) groups is 1. The molecule has 0 spiro atoms. The minimum absolute atomic E-state index is 0.0681. The van der Waals surface area contributed by atoms with Gasteiger partial charge in [0.15, 0.2) is 0 Å². The number of nitrogens with one attached hydrogen (secondary N) is 1. The van der Waals surface area contributed by atoms with E-state index in [1.165, 1.54) is 12.8 Å². The van der Waals surface area contributed by atoms with Gasteiger partial charge in [0.25, 0.3) is 0 Å². The SMILES string of the molecule is CCOC(=O)C1(NC2CC2)CCC(OC)CC1. The molecule has 2 saturated carbocycles. The molecule has 0 atom stereocenters. The molecule has 0 aromatic carbocycles. The highest BCUT2D eigenvalue weighted by molar-refractivity contribution is 5.81. The Labute approximate surface area is 103 Å². The van der Waals surface area contributed by atoms with Gasteiger partial charge in [-0.3, -0.25) is 10.1 Å². The molecular formula is C13H23NO3. The zero-order valence-electron chi connectivity index (χ0n) is 10.8. The van der Waals surface area contributed by atoms with Crippen LogP contribution in [-0.4, -0.2) is 37.4 Å². The third kappa shape index (κ3) is 2.99. The molecular weight excluding hydrogens is 218 g/mol. The summed E-state index contributed by atoms with van der Waals surface area (Å²) in [6, 6.07) is 0.526. The van der Waals surface area contributed by atoms with Gasteiger partial charge in [-0.05, 0) is 45.4 Å². The van der Waals surface area contributed by atoms with E-state index < -0.39 is 5.54 Å². The Kier molecular flexibility index (Phi) is 4.05. The molecule has 4 nitrogen and oxygen atoms in total. The third-order valence-electron chi connectivity index (χ3n) is 3.84. The van der Waals surface area contributed by atoms with Crippen LogP contribution in [0, 0.1) is 0 Å². The topological polar surface area (TPSA) is 47.6 Å². The van der Waals surface area contributed by atoms with Crippen molar-refractivity contribution in [1.29, 1.82) is 0 Å². The van der Waals surface area contributed by atoms with E-state index in [1.807, 2.05) is 6.92 Å². The molecule has 2 rings (SSSR count). The maximum Gasteiger partial charge on any atom is 0.326 e. The van der Waals surface area contributed by atoms with E-state index in [1.54, 1.807) is 7.11 Å². The monoisotopic (exact) mass is 241 g/mol. The van der Waals surface area contributed by atoms with Gasteiger partial charge >= 0.3 is 5.97 Å². The summed E-state index contributed by atoms with van der Waals surface area (Å²) in [4.78, 5) is 12.2. The van der Waals surface area contributed by atoms with E-state index in [0.717, 1.165) is 25.7 Å². The summed E-state index contributed by atoms with van der Waals surface area (Å²) in [7, 11) is 1.75. The van der Waals surface area contributed by atoms with Crippen molar-refractivity contribution in [1.82, 2.24) is 5.32 Å². The van der Waals surface area contributed by atoms with Gasteiger partial charge in [-0.1, -0.05) is 0 Å². The molecule has 2 aliphatic carbocycles. The van der Waals surface area contributed by atoms with Crippen LogP contribution < -0.4 is 5.32 Å². The van der Waals surface area contributed by atoms with Crippen molar-refractivity contribution < 1.29 is 14.3 Å². The molecule has 1 N–H and O–H groups in total. The first-order chi connectivity index (χ1) is 8.20. The first-order valence-corrected chi connectivity index (χ1v) is 6.68. The molecule has 2 aliphatic rings. The number of esters is 1. The van der Waals surface area contributed by atoms with E-state index >= 15 is 0 Å². The molecule has 17 heavy (non-hydrogen) atoms. The summed E-state index contributed by atoms with van der Waals surface area (Å²) < 4.78 is 10.6. The molecule has 0 amide bonds. The predicted molar refractivity (Wildman–Crippen MR) is 64.8 cm³/mol. The van der Waals surface area contributed by atoms with Gasteiger partial charge in [0.05, 0.1) is 12.7 Å². The summed E-state index contributed by atoms with van der Waals surface area (Å²) in [5.41, 5.74) is -0.438. The fraction of sp³-hybridized carbons (Fsp3) is 0.923. The normalized spacial score (nSPS) is 33.4. The van der Waals surface area contributed by atoms with Crippen molar-refractivity contribution in [2.75, 3.05) is 13.7 Å². The van der Waals surface area contributed by atoms with Crippen molar-refractivity contribution in [3.05, 3.63) is 0 Å². The average Bonchev–Trinajstić information content (AvgIpc) is 3.14. The largest absolute Gasteiger partial charge is 0.465 e. The van der Waals surface area contributed by atoms with Crippen molar-refractivity contribution >= 4 is 5.97 Å². The number of hydrogen-bond acceptors (Lipinski definition) is 4. The van der Waals surface area contributed by atoms with Gasteiger partial charge in [-0.2, -0.15) is 0 Å². The van der Waals surface area contributed by atoms with Crippen molar-refractivity contribution in [3.8, 4) is 0 Å². The predicted octanol–water partition coefficient (Wildman–Crippen LogP) is 1.63. The minimum atomic E-state index is -0.438. The fourth-order valence-corrected chi connectivity index (χ4v) is 2.61.